The summed E-state index contributed by atoms with van der Waals surface area (Å²) in [4.78, 5) is 4.39. The highest BCUT2D eigenvalue weighted by Gasteiger charge is 2.17. The van der Waals surface area contributed by atoms with Gasteiger partial charge in [-0.05, 0) is 62.9 Å². The van der Waals surface area contributed by atoms with Gasteiger partial charge in [0.25, 0.3) is 0 Å². The summed E-state index contributed by atoms with van der Waals surface area (Å²) in [6, 6.07) is 11.1. The molecule has 0 bridgehead atoms. The van der Waals surface area contributed by atoms with Gasteiger partial charge in [-0.3, -0.25) is 4.98 Å². The van der Waals surface area contributed by atoms with Gasteiger partial charge in [-0.15, -0.1) is 0 Å². The van der Waals surface area contributed by atoms with Crippen molar-refractivity contribution in [3.63, 3.8) is 0 Å². The van der Waals surface area contributed by atoms with Crippen molar-refractivity contribution >= 4 is 10.9 Å². The van der Waals surface area contributed by atoms with Gasteiger partial charge in [-0.25, -0.2) is 0 Å². The Hall–Kier alpha value is -1.45. The molecule has 112 valence electrons. The Morgan fingerprint density at radius 2 is 2.29 bits per heavy atom. The van der Waals surface area contributed by atoms with Crippen LogP contribution in [0.15, 0.2) is 36.5 Å². The van der Waals surface area contributed by atoms with E-state index in [0.29, 0.717) is 12.1 Å². The number of benzene rings is 1. The van der Waals surface area contributed by atoms with Crippen molar-refractivity contribution in [3.8, 4) is 0 Å². The standard InChI is InChI=1S/C18H24N2O/c1-19-17(10-8-16-6-2-3-12-21-16)15-7-9-18-14(13-15)5-4-11-20-18/h4-5,7,9,11,13,16-17,19H,2-3,6,8,10,12H2,1H3. The Labute approximate surface area is 126 Å². The van der Waals surface area contributed by atoms with Crippen molar-refractivity contribution in [2.45, 2.75) is 44.2 Å². The van der Waals surface area contributed by atoms with Crippen LogP contribution >= 0.6 is 0 Å². The average molecular weight is 284 g/mol. The minimum atomic E-state index is 0.389. The molecule has 2 unspecified atom stereocenters. The van der Waals surface area contributed by atoms with E-state index in [1.165, 1.54) is 30.2 Å². The lowest BCUT2D eigenvalue weighted by atomic mass is 9.96. The van der Waals surface area contributed by atoms with Gasteiger partial charge in [0.2, 0.25) is 0 Å². The van der Waals surface area contributed by atoms with Gasteiger partial charge in [-0.1, -0.05) is 12.1 Å². The smallest absolute Gasteiger partial charge is 0.0702 e. The highest BCUT2D eigenvalue weighted by atomic mass is 16.5. The number of pyridine rings is 1. The molecular weight excluding hydrogens is 260 g/mol. The molecule has 3 nitrogen and oxygen atoms in total. The molecule has 3 rings (SSSR count). The van der Waals surface area contributed by atoms with Crippen LogP contribution in [0.1, 0.15) is 43.7 Å². The Morgan fingerprint density at radius 3 is 3.10 bits per heavy atom. The maximum absolute atomic E-state index is 5.84. The minimum absolute atomic E-state index is 0.389. The van der Waals surface area contributed by atoms with Crippen molar-refractivity contribution in [2.24, 2.45) is 0 Å². The average Bonchev–Trinajstić information content (AvgIpc) is 2.56. The molecule has 3 heteroatoms. The SMILES string of the molecule is CNC(CCC1CCCCO1)c1ccc2ncccc2c1. The highest BCUT2D eigenvalue weighted by molar-refractivity contribution is 5.79. The van der Waals surface area contributed by atoms with Crippen LogP contribution in [0.25, 0.3) is 10.9 Å². The van der Waals surface area contributed by atoms with Crippen LogP contribution in [0.5, 0.6) is 0 Å². The van der Waals surface area contributed by atoms with Gasteiger partial charge in [0, 0.05) is 24.2 Å². The third-order valence-corrected chi connectivity index (χ3v) is 4.43. The molecule has 2 aromatic rings. The molecule has 1 aliphatic heterocycles. The molecule has 1 fully saturated rings. The summed E-state index contributed by atoms with van der Waals surface area (Å²) in [5.74, 6) is 0. The fourth-order valence-corrected chi connectivity index (χ4v) is 3.18. The van der Waals surface area contributed by atoms with Gasteiger partial charge in [0.15, 0.2) is 0 Å². The van der Waals surface area contributed by atoms with E-state index in [1.807, 2.05) is 19.3 Å². The lowest BCUT2D eigenvalue weighted by Crippen LogP contribution is -2.23. The number of rotatable bonds is 5. The van der Waals surface area contributed by atoms with Crippen molar-refractivity contribution < 1.29 is 4.74 Å². The quantitative estimate of drug-likeness (QED) is 0.905. The summed E-state index contributed by atoms with van der Waals surface area (Å²) in [6.07, 6.45) is 8.32. The number of nitrogens with one attached hydrogen (secondary N) is 1. The number of fused-ring (bicyclic) bond motifs is 1. The van der Waals surface area contributed by atoms with E-state index in [9.17, 15) is 0 Å². The zero-order valence-electron chi connectivity index (χ0n) is 12.7. The second-order valence-corrected chi connectivity index (χ2v) is 5.86. The fourth-order valence-electron chi connectivity index (χ4n) is 3.18. The molecule has 0 spiro atoms. The number of hydrogen-bond acceptors (Lipinski definition) is 3. The monoisotopic (exact) mass is 284 g/mol. The van der Waals surface area contributed by atoms with Crippen molar-refractivity contribution in [1.29, 1.82) is 0 Å². The summed E-state index contributed by atoms with van der Waals surface area (Å²) >= 11 is 0. The van der Waals surface area contributed by atoms with E-state index in [0.717, 1.165) is 25.0 Å². The second-order valence-electron chi connectivity index (χ2n) is 5.86. The molecule has 0 saturated carbocycles. The number of nitrogens with zero attached hydrogens (tertiary/aromatic N) is 1. The third-order valence-electron chi connectivity index (χ3n) is 4.43. The van der Waals surface area contributed by atoms with Gasteiger partial charge >= 0.3 is 0 Å². The Kier molecular flexibility index (Phi) is 4.84. The van der Waals surface area contributed by atoms with Crippen molar-refractivity contribution in [2.75, 3.05) is 13.7 Å². The molecule has 1 aromatic heterocycles. The Bertz CT molecular complexity index is 578. The zero-order valence-corrected chi connectivity index (χ0v) is 12.7. The topological polar surface area (TPSA) is 34.1 Å². The predicted molar refractivity (Wildman–Crippen MR) is 86.4 cm³/mol. The summed E-state index contributed by atoms with van der Waals surface area (Å²) in [5, 5.41) is 4.66. The van der Waals surface area contributed by atoms with E-state index in [1.54, 1.807) is 0 Å². The first-order valence-electron chi connectivity index (χ1n) is 8.00. The van der Waals surface area contributed by atoms with Crippen molar-refractivity contribution in [3.05, 3.63) is 42.1 Å². The Morgan fingerprint density at radius 1 is 1.33 bits per heavy atom. The first kappa shape index (κ1) is 14.5. The summed E-state index contributed by atoms with van der Waals surface area (Å²) in [7, 11) is 2.04. The van der Waals surface area contributed by atoms with E-state index in [-0.39, 0.29) is 0 Å². The normalized spacial score (nSPS) is 20.5. The lowest BCUT2D eigenvalue weighted by Gasteiger charge is -2.25. The van der Waals surface area contributed by atoms with Gasteiger partial charge in [0.05, 0.1) is 11.6 Å². The molecule has 2 heterocycles. The Balaban J connectivity index is 1.68. The van der Waals surface area contributed by atoms with Crippen LogP contribution in [0.3, 0.4) is 0 Å². The van der Waals surface area contributed by atoms with E-state index in [4.69, 9.17) is 4.74 Å². The van der Waals surface area contributed by atoms with Gasteiger partial charge < -0.3 is 10.1 Å². The van der Waals surface area contributed by atoms with Crippen LogP contribution in [-0.4, -0.2) is 24.7 Å². The predicted octanol–water partition coefficient (Wildman–Crippen LogP) is 3.84. The molecule has 1 N–H and O–H groups in total. The molecule has 1 aromatic carbocycles. The van der Waals surface area contributed by atoms with Crippen LogP contribution in [0, 0.1) is 0 Å². The molecule has 0 amide bonds. The number of hydrogen-bond donors (Lipinski definition) is 1. The molecule has 21 heavy (non-hydrogen) atoms. The van der Waals surface area contributed by atoms with Crippen LogP contribution in [0.2, 0.25) is 0 Å². The summed E-state index contributed by atoms with van der Waals surface area (Å²) in [6.45, 7) is 0.941. The third kappa shape index (κ3) is 3.60. The summed E-state index contributed by atoms with van der Waals surface area (Å²) < 4.78 is 5.84. The first-order chi connectivity index (χ1) is 10.4. The van der Waals surface area contributed by atoms with Crippen LogP contribution in [0.4, 0.5) is 0 Å². The van der Waals surface area contributed by atoms with E-state index in [2.05, 4.69) is 34.6 Å². The first-order valence-corrected chi connectivity index (χ1v) is 8.00. The fraction of sp³-hybridized carbons (Fsp3) is 0.500. The molecule has 0 radical (unpaired) electrons. The molecule has 1 saturated heterocycles. The van der Waals surface area contributed by atoms with Crippen LogP contribution in [-0.2, 0) is 4.74 Å². The minimum Gasteiger partial charge on any atom is -0.378 e. The molecule has 0 aliphatic carbocycles. The highest BCUT2D eigenvalue weighted by Crippen LogP contribution is 2.25. The maximum Gasteiger partial charge on any atom is 0.0702 e. The van der Waals surface area contributed by atoms with Crippen LogP contribution < -0.4 is 5.32 Å². The maximum atomic E-state index is 5.84. The van der Waals surface area contributed by atoms with Crippen molar-refractivity contribution in [1.82, 2.24) is 10.3 Å². The summed E-state index contributed by atoms with van der Waals surface area (Å²) in [5.41, 5.74) is 2.40. The van der Waals surface area contributed by atoms with Gasteiger partial charge in [-0.2, -0.15) is 0 Å². The van der Waals surface area contributed by atoms with Gasteiger partial charge in [0.1, 0.15) is 0 Å². The van der Waals surface area contributed by atoms with E-state index < -0.39 is 0 Å². The lowest BCUT2D eigenvalue weighted by molar-refractivity contribution is 0.00866. The van der Waals surface area contributed by atoms with E-state index >= 15 is 0 Å². The largest absolute Gasteiger partial charge is 0.378 e. The second kappa shape index (κ2) is 7.01. The molecule has 1 aliphatic rings. The zero-order chi connectivity index (χ0) is 14.5. The number of aromatic nitrogens is 1. The molecular formula is C18H24N2O. The number of ether oxygens (including phenoxy) is 1. The molecule has 2 atom stereocenters.